The normalized spacial score (nSPS) is 35.5. The van der Waals surface area contributed by atoms with Crippen LogP contribution in [0.3, 0.4) is 0 Å². The molecule has 0 amide bonds. The van der Waals surface area contributed by atoms with E-state index < -0.39 is 41.6 Å². The zero-order valence-electron chi connectivity index (χ0n) is 23.1. The monoisotopic (exact) mass is 522 g/mol. The van der Waals surface area contributed by atoms with Gasteiger partial charge in [0.25, 0.3) is 0 Å². The van der Waals surface area contributed by atoms with Gasteiger partial charge in [-0.2, -0.15) is 0 Å². The number of hydrogen-bond donors (Lipinski definition) is 0. The number of ether oxygens (including phenoxy) is 3. The highest BCUT2D eigenvalue weighted by Gasteiger charge is 2.65. The molecule has 0 bridgehead atoms. The minimum Gasteiger partial charge on any atom is -0.458 e. The maximum Gasteiger partial charge on any atom is 0.338 e. The number of rotatable bonds is 4. The Morgan fingerprint density at radius 3 is 2.29 bits per heavy atom. The molecule has 0 aromatic heterocycles. The SMILES string of the molecule is C=C1CC[C@H]2[C@@H](/C=C(\C)C(=O)[C@@]3(OC(C)=O)C[C@@H](C)[C@H](OC(=O)c4ccccc4)[C@@H]3[C@H]1OC(C)=O)C2(C)C. The summed E-state index contributed by atoms with van der Waals surface area (Å²) in [6.07, 6.45) is 1.63. The van der Waals surface area contributed by atoms with Gasteiger partial charge in [-0.05, 0) is 66.2 Å². The Labute approximate surface area is 224 Å². The number of carbonyl (C=O) groups excluding carboxylic acids is 4. The third kappa shape index (κ3) is 4.95. The predicted octanol–water partition coefficient (Wildman–Crippen LogP) is 5.24. The van der Waals surface area contributed by atoms with Crippen molar-refractivity contribution in [2.45, 2.75) is 78.6 Å². The largest absolute Gasteiger partial charge is 0.458 e. The molecule has 0 aliphatic heterocycles. The van der Waals surface area contributed by atoms with Crippen LogP contribution in [0.1, 0.15) is 71.2 Å². The maximum atomic E-state index is 14.3. The Bertz CT molecular complexity index is 1180. The Morgan fingerprint density at radius 2 is 1.68 bits per heavy atom. The van der Waals surface area contributed by atoms with Crippen LogP contribution < -0.4 is 0 Å². The van der Waals surface area contributed by atoms with E-state index in [0.717, 1.165) is 6.42 Å². The molecule has 0 saturated heterocycles. The minimum atomic E-state index is -1.69. The molecule has 38 heavy (non-hydrogen) atoms. The zero-order chi connectivity index (χ0) is 28.0. The van der Waals surface area contributed by atoms with Crippen molar-refractivity contribution in [2.75, 3.05) is 0 Å². The van der Waals surface area contributed by atoms with Crippen LogP contribution in [0.4, 0.5) is 0 Å². The molecule has 3 aliphatic carbocycles. The molecule has 2 fully saturated rings. The summed E-state index contributed by atoms with van der Waals surface area (Å²) >= 11 is 0. The van der Waals surface area contributed by atoms with Crippen LogP contribution in [0.2, 0.25) is 0 Å². The van der Waals surface area contributed by atoms with Crippen molar-refractivity contribution in [1.82, 2.24) is 0 Å². The lowest BCUT2D eigenvalue weighted by Gasteiger charge is -2.39. The summed E-state index contributed by atoms with van der Waals surface area (Å²) in [5.74, 6) is -2.89. The highest BCUT2D eigenvalue weighted by molar-refractivity contribution is 6.03. The van der Waals surface area contributed by atoms with Crippen molar-refractivity contribution in [1.29, 1.82) is 0 Å². The van der Waals surface area contributed by atoms with E-state index >= 15 is 0 Å². The number of allylic oxidation sites excluding steroid dienone is 1. The van der Waals surface area contributed by atoms with Gasteiger partial charge < -0.3 is 14.2 Å². The number of esters is 3. The van der Waals surface area contributed by atoms with Crippen molar-refractivity contribution in [3.8, 4) is 0 Å². The second kappa shape index (κ2) is 10.2. The van der Waals surface area contributed by atoms with E-state index in [0.29, 0.717) is 29.0 Å². The number of ketones is 1. The van der Waals surface area contributed by atoms with Gasteiger partial charge in [-0.25, -0.2) is 4.79 Å². The third-order valence-corrected chi connectivity index (χ3v) is 8.77. The molecular formula is C31H38O7. The van der Waals surface area contributed by atoms with Crippen LogP contribution in [0.25, 0.3) is 0 Å². The molecule has 0 spiro atoms. The molecule has 1 aromatic carbocycles. The van der Waals surface area contributed by atoms with E-state index in [9.17, 15) is 19.2 Å². The summed E-state index contributed by atoms with van der Waals surface area (Å²) in [5.41, 5.74) is -0.203. The molecule has 7 nitrogen and oxygen atoms in total. The Balaban J connectivity index is 1.87. The Morgan fingerprint density at radius 1 is 1.03 bits per heavy atom. The van der Waals surface area contributed by atoms with Crippen LogP contribution in [0.5, 0.6) is 0 Å². The fourth-order valence-electron chi connectivity index (χ4n) is 6.80. The minimum absolute atomic E-state index is 0.0165. The molecule has 4 rings (SSSR count). The van der Waals surface area contributed by atoms with E-state index in [1.165, 1.54) is 13.8 Å². The van der Waals surface area contributed by atoms with Gasteiger partial charge in [-0.15, -0.1) is 0 Å². The van der Waals surface area contributed by atoms with Gasteiger partial charge in [-0.3, -0.25) is 14.4 Å². The number of hydrogen-bond acceptors (Lipinski definition) is 7. The van der Waals surface area contributed by atoms with Crippen LogP contribution in [0.15, 0.2) is 54.1 Å². The van der Waals surface area contributed by atoms with Crippen LogP contribution >= 0.6 is 0 Å². The van der Waals surface area contributed by atoms with Gasteiger partial charge in [0.2, 0.25) is 5.78 Å². The molecular weight excluding hydrogens is 484 g/mol. The number of carbonyl (C=O) groups is 4. The van der Waals surface area contributed by atoms with Gasteiger partial charge >= 0.3 is 17.9 Å². The van der Waals surface area contributed by atoms with Crippen LogP contribution in [0, 0.1) is 29.1 Å². The topological polar surface area (TPSA) is 96.0 Å². The van der Waals surface area contributed by atoms with E-state index in [4.69, 9.17) is 14.2 Å². The lowest BCUT2D eigenvalue weighted by atomic mass is 9.76. The van der Waals surface area contributed by atoms with Crippen LogP contribution in [-0.4, -0.2) is 41.5 Å². The smallest absolute Gasteiger partial charge is 0.338 e. The molecule has 7 atom stereocenters. The molecule has 0 N–H and O–H groups in total. The van der Waals surface area contributed by atoms with Gasteiger partial charge in [-0.1, -0.05) is 51.6 Å². The Hall–Kier alpha value is -3.22. The summed E-state index contributed by atoms with van der Waals surface area (Å²) in [7, 11) is 0. The molecule has 204 valence electrons. The summed E-state index contributed by atoms with van der Waals surface area (Å²) in [6, 6.07) is 8.56. The van der Waals surface area contributed by atoms with Gasteiger partial charge in [0.05, 0.1) is 11.5 Å². The highest BCUT2D eigenvalue weighted by atomic mass is 16.6. The second-order valence-corrected chi connectivity index (χ2v) is 11.8. The van der Waals surface area contributed by atoms with Gasteiger partial charge in [0.1, 0.15) is 12.2 Å². The average molecular weight is 523 g/mol. The highest BCUT2D eigenvalue weighted by Crippen LogP contribution is 2.62. The van der Waals surface area contributed by atoms with Gasteiger partial charge in [0.15, 0.2) is 5.60 Å². The number of benzene rings is 1. The Kier molecular flexibility index (Phi) is 7.43. The van der Waals surface area contributed by atoms with E-state index in [1.807, 2.05) is 13.0 Å². The van der Waals surface area contributed by atoms with E-state index in [-0.39, 0.29) is 29.5 Å². The fraction of sp³-hybridized carbons (Fsp3) is 0.548. The molecule has 0 unspecified atom stereocenters. The average Bonchev–Trinajstić information content (AvgIpc) is 3.24. The van der Waals surface area contributed by atoms with E-state index in [1.54, 1.807) is 37.3 Å². The lowest BCUT2D eigenvalue weighted by molar-refractivity contribution is -0.179. The predicted molar refractivity (Wildman–Crippen MR) is 141 cm³/mol. The first-order valence-corrected chi connectivity index (χ1v) is 13.3. The standard InChI is InChI=1S/C31H38O7/c1-17-13-14-23-24(30(23,6)7)15-18(2)28(34)31(38-21(5)33)16-19(3)27(25(31)26(17)36-20(4)32)37-29(35)22-11-9-8-10-12-22/h8-12,15,19,23-27H,1,13-14,16H2,2-7H3/b18-15+/t19-,23+,24-,25+,26+,27+,31-/m1/s1. The van der Waals surface area contributed by atoms with Crippen molar-refractivity contribution < 1.29 is 33.4 Å². The fourth-order valence-corrected chi connectivity index (χ4v) is 6.80. The molecule has 1 aromatic rings. The van der Waals surface area contributed by atoms with Gasteiger partial charge in [0, 0.05) is 20.3 Å². The van der Waals surface area contributed by atoms with Crippen molar-refractivity contribution >= 4 is 23.7 Å². The number of Topliss-reactive ketones (excluding diaryl/α,β-unsaturated/α-hetero) is 1. The summed E-state index contributed by atoms with van der Waals surface area (Å²) < 4.78 is 17.9. The second-order valence-electron chi connectivity index (χ2n) is 11.8. The molecule has 3 aliphatic rings. The van der Waals surface area contributed by atoms with E-state index in [2.05, 4.69) is 20.4 Å². The maximum absolute atomic E-state index is 14.3. The first-order valence-electron chi connectivity index (χ1n) is 13.3. The summed E-state index contributed by atoms with van der Waals surface area (Å²) in [6.45, 7) is 14.8. The lowest BCUT2D eigenvalue weighted by Crippen LogP contribution is -2.55. The van der Waals surface area contributed by atoms with Crippen molar-refractivity contribution in [3.63, 3.8) is 0 Å². The molecule has 0 radical (unpaired) electrons. The van der Waals surface area contributed by atoms with Crippen molar-refractivity contribution in [3.05, 3.63) is 59.7 Å². The number of fused-ring (bicyclic) bond motifs is 2. The molecule has 7 heteroatoms. The summed E-state index contributed by atoms with van der Waals surface area (Å²) in [4.78, 5) is 52.4. The molecule has 2 saturated carbocycles. The first-order chi connectivity index (χ1) is 17.8. The quantitative estimate of drug-likeness (QED) is 0.303. The van der Waals surface area contributed by atoms with Crippen LogP contribution in [-0.2, 0) is 28.6 Å². The first kappa shape index (κ1) is 27.8. The third-order valence-electron chi connectivity index (χ3n) is 8.77. The zero-order valence-corrected chi connectivity index (χ0v) is 23.1. The van der Waals surface area contributed by atoms with Crippen molar-refractivity contribution in [2.24, 2.45) is 29.1 Å². The molecule has 0 heterocycles. The summed E-state index contributed by atoms with van der Waals surface area (Å²) in [5, 5.41) is 0.